The highest BCUT2D eigenvalue weighted by atomic mass is 14.8. The zero-order valence-corrected chi connectivity index (χ0v) is 21.1. The van der Waals surface area contributed by atoms with Crippen LogP contribution in [0.3, 0.4) is 0 Å². The molecule has 0 aromatic carbocycles. The number of fused-ring (bicyclic) bond motifs is 5. The smallest absolute Gasteiger partial charge is 0.0400 e. The molecule has 0 saturated heterocycles. The number of rotatable bonds is 6. The van der Waals surface area contributed by atoms with Crippen molar-refractivity contribution in [2.75, 3.05) is 0 Å². The van der Waals surface area contributed by atoms with Crippen LogP contribution in [0.5, 0.6) is 0 Å². The van der Waals surface area contributed by atoms with Crippen molar-refractivity contribution in [3.63, 3.8) is 0 Å². The largest absolute Gasteiger partial charge is 0.321 e. The molecule has 0 heterocycles. The quantitative estimate of drug-likeness (QED) is 0.439. The molecule has 0 amide bonds. The maximum absolute atomic E-state index is 7.33. The first kappa shape index (κ1) is 22.9. The summed E-state index contributed by atoms with van der Waals surface area (Å²) < 4.78 is 0. The molecule has 4 aliphatic rings. The molecule has 0 bridgehead atoms. The highest BCUT2D eigenvalue weighted by Crippen LogP contribution is 2.65. The topological polar surface area (TPSA) is 26.0 Å². The Morgan fingerprint density at radius 3 is 2.43 bits per heavy atom. The lowest BCUT2D eigenvalue weighted by molar-refractivity contribution is -0.0344. The van der Waals surface area contributed by atoms with Crippen LogP contribution in [0.25, 0.3) is 0 Å². The van der Waals surface area contributed by atoms with Crippen LogP contribution >= 0.6 is 0 Å². The lowest BCUT2D eigenvalue weighted by Gasteiger charge is -2.58. The van der Waals surface area contributed by atoms with E-state index in [1.165, 1.54) is 70.6 Å². The maximum atomic E-state index is 7.33. The summed E-state index contributed by atoms with van der Waals surface area (Å²) in [6, 6.07) is 0. The summed E-state index contributed by atoms with van der Waals surface area (Å²) in [6.45, 7) is 14.9. The van der Waals surface area contributed by atoms with Gasteiger partial charge < -0.3 is 5.73 Å². The SMILES string of the molecule is CC(C)CCCC(C)C1CCC2C3CC=C4CC(C(C)C)CCC4(N)C3CCC12C. The molecule has 0 aliphatic heterocycles. The fraction of sp³-hybridized carbons (Fsp3) is 0.931. The summed E-state index contributed by atoms with van der Waals surface area (Å²) >= 11 is 0. The van der Waals surface area contributed by atoms with Crippen molar-refractivity contribution in [3.05, 3.63) is 11.6 Å². The molecule has 2 N–H and O–H groups in total. The van der Waals surface area contributed by atoms with Crippen molar-refractivity contribution < 1.29 is 0 Å². The van der Waals surface area contributed by atoms with Crippen molar-refractivity contribution >= 4 is 0 Å². The van der Waals surface area contributed by atoms with E-state index in [9.17, 15) is 0 Å². The van der Waals surface area contributed by atoms with Gasteiger partial charge in [0.1, 0.15) is 0 Å². The summed E-state index contributed by atoms with van der Waals surface area (Å²) in [6.07, 6.45) is 18.0. The molecule has 1 nitrogen and oxygen atoms in total. The van der Waals surface area contributed by atoms with E-state index in [1.807, 2.05) is 0 Å². The number of hydrogen-bond acceptors (Lipinski definition) is 1. The molecular formula is C29H51N. The standard InChI is InChI=1S/C29H51N/c1-19(2)8-7-9-21(5)25-12-13-26-24-11-10-23-18-22(20(3)4)14-17-29(23,30)27(24)15-16-28(25,26)6/h10,19-22,24-27H,7-9,11-18,30H2,1-6H3. The Morgan fingerprint density at radius 1 is 0.967 bits per heavy atom. The molecule has 8 unspecified atom stereocenters. The van der Waals surface area contributed by atoms with Crippen molar-refractivity contribution in [2.24, 2.45) is 58.5 Å². The first-order valence-corrected chi connectivity index (χ1v) is 13.6. The van der Waals surface area contributed by atoms with Crippen LogP contribution in [-0.2, 0) is 0 Å². The summed E-state index contributed by atoms with van der Waals surface area (Å²) in [5.74, 6) is 6.92. The summed E-state index contributed by atoms with van der Waals surface area (Å²) in [4.78, 5) is 0. The van der Waals surface area contributed by atoms with Crippen LogP contribution in [0.4, 0.5) is 0 Å². The van der Waals surface area contributed by atoms with Crippen molar-refractivity contribution in [3.8, 4) is 0 Å². The Bertz CT molecular complexity index is 632. The predicted molar refractivity (Wildman–Crippen MR) is 130 cm³/mol. The Balaban J connectivity index is 1.48. The molecule has 0 aromatic heterocycles. The van der Waals surface area contributed by atoms with Gasteiger partial charge in [0.2, 0.25) is 0 Å². The van der Waals surface area contributed by atoms with Gasteiger partial charge in [-0.15, -0.1) is 0 Å². The fourth-order valence-corrected chi connectivity index (χ4v) is 8.98. The summed E-state index contributed by atoms with van der Waals surface area (Å²) in [7, 11) is 0. The van der Waals surface area contributed by atoms with Gasteiger partial charge in [0.25, 0.3) is 0 Å². The molecular weight excluding hydrogens is 362 g/mol. The van der Waals surface area contributed by atoms with E-state index < -0.39 is 0 Å². The maximum Gasteiger partial charge on any atom is 0.0400 e. The molecule has 4 aliphatic carbocycles. The van der Waals surface area contributed by atoms with Crippen LogP contribution in [0.15, 0.2) is 11.6 Å². The van der Waals surface area contributed by atoms with E-state index in [4.69, 9.17) is 5.73 Å². The van der Waals surface area contributed by atoms with Gasteiger partial charge in [-0.3, -0.25) is 0 Å². The average Bonchev–Trinajstić information content (AvgIpc) is 3.04. The molecule has 8 atom stereocenters. The van der Waals surface area contributed by atoms with Gasteiger partial charge in [-0.1, -0.05) is 72.5 Å². The van der Waals surface area contributed by atoms with Gasteiger partial charge in [-0.25, -0.2) is 0 Å². The van der Waals surface area contributed by atoms with Gasteiger partial charge in [0, 0.05) is 5.54 Å². The van der Waals surface area contributed by atoms with Crippen LogP contribution < -0.4 is 5.73 Å². The summed E-state index contributed by atoms with van der Waals surface area (Å²) in [5.41, 5.74) is 9.61. The molecule has 1 heteroatoms. The lowest BCUT2D eigenvalue weighted by atomic mass is 9.48. The van der Waals surface area contributed by atoms with Crippen LogP contribution in [0.2, 0.25) is 0 Å². The third-order valence-electron chi connectivity index (χ3n) is 10.9. The van der Waals surface area contributed by atoms with E-state index >= 15 is 0 Å². The van der Waals surface area contributed by atoms with E-state index in [1.54, 1.807) is 5.57 Å². The second-order valence-electron chi connectivity index (χ2n) is 13.2. The zero-order chi connectivity index (χ0) is 21.7. The van der Waals surface area contributed by atoms with Gasteiger partial charge >= 0.3 is 0 Å². The highest BCUT2D eigenvalue weighted by molar-refractivity contribution is 5.30. The second kappa shape index (κ2) is 8.57. The Labute approximate surface area is 188 Å². The minimum absolute atomic E-state index is 0.0383. The Kier molecular flexibility index (Phi) is 6.53. The van der Waals surface area contributed by atoms with Crippen molar-refractivity contribution in [2.45, 2.75) is 118 Å². The van der Waals surface area contributed by atoms with Crippen LogP contribution in [-0.4, -0.2) is 5.54 Å². The van der Waals surface area contributed by atoms with E-state index in [0.717, 1.165) is 47.3 Å². The zero-order valence-electron chi connectivity index (χ0n) is 21.1. The molecule has 3 saturated carbocycles. The normalized spacial score (nSPS) is 44.4. The van der Waals surface area contributed by atoms with E-state index in [0.29, 0.717) is 5.41 Å². The molecule has 0 spiro atoms. The van der Waals surface area contributed by atoms with Gasteiger partial charge in [0.05, 0.1) is 0 Å². The molecule has 172 valence electrons. The van der Waals surface area contributed by atoms with E-state index in [-0.39, 0.29) is 5.54 Å². The number of allylic oxidation sites excluding steroid dienone is 1. The summed E-state index contributed by atoms with van der Waals surface area (Å²) in [5, 5.41) is 0. The van der Waals surface area contributed by atoms with Gasteiger partial charge in [-0.2, -0.15) is 0 Å². The second-order valence-corrected chi connectivity index (χ2v) is 13.2. The minimum atomic E-state index is 0.0383. The molecule has 4 rings (SSSR count). The Hall–Kier alpha value is -0.300. The van der Waals surface area contributed by atoms with Crippen LogP contribution in [0.1, 0.15) is 112 Å². The third kappa shape index (κ3) is 3.84. The number of nitrogens with two attached hydrogens (primary N) is 1. The minimum Gasteiger partial charge on any atom is -0.321 e. The monoisotopic (exact) mass is 413 g/mol. The first-order chi connectivity index (χ1) is 14.2. The average molecular weight is 414 g/mol. The molecule has 0 radical (unpaired) electrons. The first-order valence-electron chi connectivity index (χ1n) is 13.6. The van der Waals surface area contributed by atoms with Crippen molar-refractivity contribution in [1.29, 1.82) is 0 Å². The van der Waals surface area contributed by atoms with E-state index in [2.05, 4.69) is 47.6 Å². The van der Waals surface area contributed by atoms with Crippen molar-refractivity contribution in [1.82, 2.24) is 0 Å². The molecule has 3 fully saturated rings. The highest BCUT2D eigenvalue weighted by Gasteiger charge is 2.59. The van der Waals surface area contributed by atoms with Gasteiger partial charge in [0.15, 0.2) is 0 Å². The lowest BCUT2D eigenvalue weighted by Crippen LogP contribution is -2.60. The van der Waals surface area contributed by atoms with Crippen LogP contribution in [0, 0.1) is 52.8 Å². The molecule has 30 heavy (non-hydrogen) atoms. The Morgan fingerprint density at radius 2 is 1.73 bits per heavy atom. The third-order valence-corrected chi connectivity index (χ3v) is 10.9. The fourth-order valence-electron chi connectivity index (χ4n) is 8.98. The molecule has 0 aromatic rings. The number of hydrogen-bond donors (Lipinski definition) is 1. The van der Waals surface area contributed by atoms with Gasteiger partial charge in [-0.05, 0) is 104 Å². The predicted octanol–water partition coefficient (Wildman–Crippen LogP) is 7.99.